The lowest BCUT2D eigenvalue weighted by Gasteiger charge is -2.21. The molecule has 3 rings (SSSR count). The molecule has 148 valence electrons. The molecule has 0 unspecified atom stereocenters. The zero-order valence-electron chi connectivity index (χ0n) is 16.9. The molecule has 3 aromatic rings. The Labute approximate surface area is 171 Å². The maximum atomic E-state index is 13.0. The molecule has 0 atom stereocenters. The first-order chi connectivity index (χ1) is 14.0. The molecule has 1 N–H and O–H groups in total. The smallest absolute Gasteiger partial charge is 0.274 e. The molecule has 0 saturated heterocycles. The van der Waals surface area contributed by atoms with Crippen LogP contribution in [0.1, 0.15) is 53.1 Å². The highest BCUT2D eigenvalue weighted by molar-refractivity contribution is 6.09. The number of hydrogen-bond donors (Lipinski definition) is 1. The summed E-state index contributed by atoms with van der Waals surface area (Å²) >= 11 is 0. The van der Waals surface area contributed by atoms with Crippen molar-refractivity contribution in [3.05, 3.63) is 89.7 Å². The minimum Gasteiger partial charge on any atom is -0.320 e. The van der Waals surface area contributed by atoms with Gasteiger partial charge in [0.1, 0.15) is 5.69 Å². The minimum atomic E-state index is -0.337. The Hall–Kier alpha value is -3.47. The normalized spacial score (nSPS) is 10.6. The second-order valence-electron chi connectivity index (χ2n) is 7.01. The lowest BCUT2D eigenvalue weighted by Crippen LogP contribution is -2.31. The van der Waals surface area contributed by atoms with Gasteiger partial charge in [-0.05, 0) is 48.7 Å². The molecule has 0 bridgehead atoms. The standard InChI is InChI=1S/C24H25N3O2/c1-4-27(19-10-6-5-7-11-19)24(29)18-14-15-25-22(16-18)23(28)26-21-13-9-8-12-20(21)17(2)3/h5-17H,4H2,1-3H3,(H,26,28). The van der Waals surface area contributed by atoms with Crippen LogP contribution in [0.5, 0.6) is 0 Å². The van der Waals surface area contributed by atoms with Crippen molar-refractivity contribution in [3.8, 4) is 0 Å². The predicted molar refractivity (Wildman–Crippen MR) is 117 cm³/mol. The Kier molecular flexibility index (Phi) is 6.39. The van der Waals surface area contributed by atoms with Crippen LogP contribution in [0.2, 0.25) is 0 Å². The number of anilines is 2. The van der Waals surface area contributed by atoms with Crippen LogP contribution in [0, 0.1) is 0 Å². The summed E-state index contributed by atoms with van der Waals surface area (Å²) in [7, 11) is 0. The number of para-hydroxylation sites is 2. The van der Waals surface area contributed by atoms with Gasteiger partial charge in [-0.15, -0.1) is 0 Å². The van der Waals surface area contributed by atoms with Crippen LogP contribution in [-0.4, -0.2) is 23.3 Å². The van der Waals surface area contributed by atoms with E-state index in [4.69, 9.17) is 0 Å². The van der Waals surface area contributed by atoms with Gasteiger partial charge >= 0.3 is 0 Å². The van der Waals surface area contributed by atoms with Gasteiger partial charge in [-0.3, -0.25) is 14.6 Å². The van der Waals surface area contributed by atoms with E-state index in [0.717, 1.165) is 16.9 Å². The summed E-state index contributed by atoms with van der Waals surface area (Å²) < 4.78 is 0. The van der Waals surface area contributed by atoms with Gasteiger partial charge in [-0.1, -0.05) is 50.2 Å². The number of benzene rings is 2. The van der Waals surface area contributed by atoms with Crippen molar-refractivity contribution in [2.24, 2.45) is 0 Å². The Morgan fingerprint density at radius 3 is 2.38 bits per heavy atom. The molecule has 0 saturated carbocycles. The minimum absolute atomic E-state index is 0.169. The van der Waals surface area contributed by atoms with Gasteiger partial charge < -0.3 is 10.2 Å². The largest absolute Gasteiger partial charge is 0.320 e. The Morgan fingerprint density at radius 1 is 1.00 bits per heavy atom. The quantitative estimate of drug-likeness (QED) is 0.638. The van der Waals surface area contributed by atoms with E-state index in [9.17, 15) is 9.59 Å². The van der Waals surface area contributed by atoms with Crippen LogP contribution >= 0.6 is 0 Å². The Balaban J connectivity index is 1.84. The summed E-state index contributed by atoms with van der Waals surface area (Å²) in [6.07, 6.45) is 1.50. The molecule has 1 aromatic heterocycles. The van der Waals surface area contributed by atoms with Gasteiger partial charge in [-0.2, -0.15) is 0 Å². The highest BCUT2D eigenvalue weighted by Gasteiger charge is 2.19. The van der Waals surface area contributed by atoms with Crippen LogP contribution in [-0.2, 0) is 0 Å². The van der Waals surface area contributed by atoms with Crippen LogP contribution < -0.4 is 10.2 Å². The average molecular weight is 387 g/mol. The number of carbonyl (C=O) groups excluding carboxylic acids is 2. The molecule has 5 nitrogen and oxygen atoms in total. The van der Waals surface area contributed by atoms with E-state index in [0.29, 0.717) is 12.1 Å². The SMILES string of the molecule is CCN(C(=O)c1ccnc(C(=O)Nc2ccccc2C(C)C)c1)c1ccccc1. The van der Waals surface area contributed by atoms with E-state index in [1.807, 2.05) is 61.5 Å². The lowest BCUT2D eigenvalue weighted by molar-refractivity contribution is 0.0988. The zero-order valence-corrected chi connectivity index (χ0v) is 16.9. The molecular formula is C24H25N3O2. The van der Waals surface area contributed by atoms with E-state index in [1.54, 1.807) is 17.0 Å². The van der Waals surface area contributed by atoms with Crippen LogP contribution in [0.25, 0.3) is 0 Å². The first-order valence-corrected chi connectivity index (χ1v) is 9.74. The molecule has 0 fully saturated rings. The number of nitrogens with one attached hydrogen (secondary N) is 1. The van der Waals surface area contributed by atoms with Gasteiger partial charge in [0.2, 0.25) is 0 Å². The van der Waals surface area contributed by atoms with Crippen molar-refractivity contribution < 1.29 is 9.59 Å². The molecule has 1 heterocycles. The third kappa shape index (κ3) is 4.69. The maximum Gasteiger partial charge on any atom is 0.274 e. The number of carbonyl (C=O) groups is 2. The first kappa shape index (κ1) is 20.3. The highest BCUT2D eigenvalue weighted by Crippen LogP contribution is 2.24. The predicted octanol–water partition coefficient (Wildman–Crippen LogP) is 5.12. The number of nitrogens with zero attached hydrogens (tertiary/aromatic N) is 2. The topological polar surface area (TPSA) is 62.3 Å². The second kappa shape index (κ2) is 9.15. The first-order valence-electron chi connectivity index (χ1n) is 9.74. The van der Waals surface area contributed by atoms with Crippen molar-refractivity contribution in [2.75, 3.05) is 16.8 Å². The maximum absolute atomic E-state index is 13.0. The Bertz CT molecular complexity index is 1000. The number of pyridine rings is 1. The summed E-state index contributed by atoms with van der Waals surface area (Å²) in [6.45, 7) is 6.59. The molecule has 0 spiro atoms. The fraction of sp³-hybridized carbons (Fsp3) is 0.208. The molecule has 0 aliphatic carbocycles. The van der Waals surface area contributed by atoms with Gasteiger partial charge in [0, 0.05) is 29.7 Å². The number of amides is 2. The third-order valence-corrected chi connectivity index (χ3v) is 4.70. The summed E-state index contributed by atoms with van der Waals surface area (Å²) in [5.41, 5.74) is 3.25. The lowest BCUT2D eigenvalue weighted by atomic mass is 10.0. The Morgan fingerprint density at radius 2 is 1.69 bits per heavy atom. The summed E-state index contributed by atoms with van der Waals surface area (Å²) in [4.78, 5) is 31.6. The molecule has 29 heavy (non-hydrogen) atoms. The van der Waals surface area contributed by atoms with E-state index >= 15 is 0 Å². The fourth-order valence-corrected chi connectivity index (χ4v) is 3.20. The van der Waals surface area contributed by atoms with E-state index < -0.39 is 0 Å². The van der Waals surface area contributed by atoms with Gasteiger partial charge in [0.15, 0.2) is 0 Å². The van der Waals surface area contributed by atoms with Gasteiger partial charge in [0.25, 0.3) is 11.8 Å². The molecular weight excluding hydrogens is 362 g/mol. The summed E-state index contributed by atoms with van der Waals surface area (Å²) in [5.74, 6) is -0.232. The van der Waals surface area contributed by atoms with Crippen LogP contribution in [0.4, 0.5) is 11.4 Å². The molecule has 0 aliphatic heterocycles. The summed E-state index contributed by atoms with van der Waals surface area (Å²) in [5, 5.41) is 2.92. The van der Waals surface area contributed by atoms with Crippen LogP contribution in [0.3, 0.4) is 0 Å². The summed E-state index contributed by atoms with van der Waals surface area (Å²) in [6, 6.07) is 20.3. The highest BCUT2D eigenvalue weighted by atomic mass is 16.2. The number of hydrogen-bond acceptors (Lipinski definition) is 3. The number of rotatable bonds is 6. The molecule has 0 aliphatic rings. The second-order valence-corrected chi connectivity index (χ2v) is 7.01. The monoisotopic (exact) mass is 387 g/mol. The van der Waals surface area contributed by atoms with Crippen molar-refractivity contribution in [1.29, 1.82) is 0 Å². The fourth-order valence-electron chi connectivity index (χ4n) is 3.20. The van der Waals surface area contributed by atoms with Crippen LogP contribution in [0.15, 0.2) is 72.9 Å². The van der Waals surface area contributed by atoms with Gasteiger partial charge in [0.05, 0.1) is 0 Å². The van der Waals surface area contributed by atoms with E-state index in [2.05, 4.69) is 24.1 Å². The molecule has 2 aromatic carbocycles. The van der Waals surface area contributed by atoms with Crippen molar-refractivity contribution in [2.45, 2.75) is 26.7 Å². The van der Waals surface area contributed by atoms with Crippen molar-refractivity contribution in [1.82, 2.24) is 4.98 Å². The molecule has 5 heteroatoms. The van der Waals surface area contributed by atoms with E-state index in [1.165, 1.54) is 6.20 Å². The average Bonchev–Trinajstić information content (AvgIpc) is 2.75. The molecule has 2 amide bonds. The van der Waals surface area contributed by atoms with Crippen molar-refractivity contribution >= 4 is 23.2 Å². The zero-order chi connectivity index (χ0) is 20.8. The third-order valence-electron chi connectivity index (χ3n) is 4.70. The number of aromatic nitrogens is 1. The van der Waals surface area contributed by atoms with Gasteiger partial charge in [-0.25, -0.2) is 0 Å². The molecule has 0 radical (unpaired) electrons. The van der Waals surface area contributed by atoms with E-state index in [-0.39, 0.29) is 23.4 Å². The van der Waals surface area contributed by atoms with Crippen molar-refractivity contribution in [3.63, 3.8) is 0 Å².